The van der Waals surface area contributed by atoms with Gasteiger partial charge in [0, 0.05) is 30.9 Å². The number of benzene rings is 1. The third-order valence-electron chi connectivity index (χ3n) is 5.01. The zero-order chi connectivity index (χ0) is 19.3. The second-order valence-corrected chi connectivity index (χ2v) is 7.12. The van der Waals surface area contributed by atoms with E-state index in [2.05, 4.69) is 25.2 Å². The van der Waals surface area contributed by atoms with Crippen LogP contribution in [0, 0.1) is 12.8 Å². The largest absolute Gasteiger partial charge is 0.356 e. The Labute approximate surface area is 164 Å². The van der Waals surface area contributed by atoms with E-state index in [0.29, 0.717) is 12.4 Å². The second kappa shape index (κ2) is 8.17. The lowest BCUT2D eigenvalue weighted by molar-refractivity contribution is -0.120. The molecule has 2 aromatic heterocycles. The van der Waals surface area contributed by atoms with Crippen LogP contribution in [0.1, 0.15) is 18.4 Å². The quantitative estimate of drug-likeness (QED) is 0.755. The lowest BCUT2D eigenvalue weighted by atomic mass is 9.97. The normalized spacial score (nSPS) is 16.6. The zero-order valence-corrected chi connectivity index (χ0v) is 15.9. The van der Waals surface area contributed by atoms with Gasteiger partial charge in [-0.15, -0.1) is 0 Å². The van der Waals surface area contributed by atoms with Crippen LogP contribution in [0.2, 0.25) is 0 Å². The standard InChI is InChI=1S/C22H23N5O/c1-16-9-10-23-20(12-16)26-22(28)18-8-5-11-27(14-18)21-13-19(24-15-25-21)17-6-3-2-4-7-17/h2-4,6-7,9-10,12-13,15,18H,5,8,11,14H2,1H3,(H,23,26,28). The van der Waals surface area contributed by atoms with Crippen molar-refractivity contribution in [1.29, 1.82) is 0 Å². The minimum atomic E-state index is -0.0915. The van der Waals surface area contributed by atoms with E-state index in [9.17, 15) is 4.79 Å². The van der Waals surface area contributed by atoms with E-state index < -0.39 is 0 Å². The fourth-order valence-electron chi connectivity index (χ4n) is 3.52. The lowest BCUT2D eigenvalue weighted by Crippen LogP contribution is -2.41. The molecule has 0 aliphatic carbocycles. The summed E-state index contributed by atoms with van der Waals surface area (Å²) >= 11 is 0. The van der Waals surface area contributed by atoms with Crippen LogP contribution >= 0.6 is 0 Å². The topological polar surface area (TPSA) is 71.0 Å². The molecule has 6 heteroatoms. The van der Waals surface area contributed by atoms with Crippen molar-refractivity contribution in [3.05, 3.63) is 66.6 Å². The molecule has 1 N–H and O–H groups in total. The van der Waals surface area contributed by atoms with Gasteiger partial charge in [0.2, 0.25) is 5.91 Å². The monoisotopic (exact) mass is 373 g/mol. The van der Waals surface area contributed by atoms with Crippen LogP contribution in [0.4, 0.5) is 11.6 Å². The molecule has 3 heterocycles. The Morgan fingerprint density at radius 1 is 1.11 bits per heavy atom. The highest BCUT2D eigenvalue weighted by Gasteiger charge is 2.27. The fraction of sp³-hybridized carbons (Fsp3) is 0.273. The third kappa shape index (κ3) is 4.17. The lowest BCUT2D eigenvalue weighted by Gasteiger charge is -2.32. The van der Waals surface area contributed by atoms with Gasteiger partial charge in [0.1, 0.15) is 18.0 Å². The van der Waals surface area contributed by atoms with Gasteiger partial charge in [-0.05, 0) is 37.5 Å². The van der Waals surface area contributed by atoms with Crippen molar-refractivity contribution in [3.63, 3.8) is 0 Å². The molecule has 1 aliphatic heterocycles. The summed E-state index contributed by atoms with van der Waals surface area (Å²) in [6, 6.07) is 15.9. The van der Waals surface area contributed by atoms with Gasteiger partial charge in [0.05, 0.1) is 11.6 Å². The number of amides is 1. The highest BCUT2D eigenvalue weighted by Crippen LogP contribution is 2.25. The van der Waals surface area contributed by atoms with Gasteiger partial charge >= 0.3 is 0 Å². The molecule has 6 nitrogen and oxygen atoms in total. The first kappa shape index (κ1) is 18.1. The average Bonchev–Trinajstić information content (AvgIpc) is 2.74. The first-order valence-electron chi connectivity index (χ1n) is 9.55. The van der Waals surface area contributed by atoms with Crippen LogP contribution < -0.4 is 10.2 Å². The molecule has 1 atom stereocenters. The van der Waals surface area contributed by atoms with Gasteiger partial charge in [-0.2, -0.15) is 0 Å². The summed E-state index contributed by atoms with van der Waals surface area (Å²) in [5.74, 6) is 1.39. The molecule has 1 saturated heterocycles. The number of nitrogens with zero attached hydrogens (tertiary/aromatic N) is 4. The van der Waals surface area contributed by atoms with E-state index in [1.54, 1.807) is 12.5 Å². The maximum absolute atomic E-state index is 12.7. The van der Waals surface area contributed by atoms with E-state index in [-0.39, 0.29) is 11.8 Å². The molecule has 1 amide bonds. The number of nitrogens with one attached hydrogen (secondary N) is 1. The number of carbonyl (C=O) groups excluding carboxylic acids is 1. The van der Waals surface area contributed by atoms with E-state index >= 15 is 0 Å². The van der Waals surface area contributed by atoms with Crippen LogP contribution in [0.5, 0.6) is 0 Å². The van der Waals surface area contributed by atoms with Gasteiger partial charge < -0.3 is 10.2 Å². The molecule has 4 rings (SSSR count). The first-order chi connectivity index (χ1) is 13.7. The van der Waals surface area contributed by atoms with Gasteiger partial charge in [-0.25, -0.2) is 15.0 Å². The maximum atomic E-state index is 12.7. The Balaban J connectivity index is 1.47. The van der Waals surface area contributed by atoms with Crippen molar-refractivity contribution in [2.24, 2.45) is 5.92 Å². The predicted molar refractivity (Wildman–Crippen MR) is 110 cm³/mol. The number of anilines is 2. The summed E-state index contributed by atoms with van der Waals surface area (Å²) in [4.78, 5) is 28.0. The van der Waals surface area contributed by atoms with Crippen molar-refractivity contribution in [2.45, 2.75) is 19.8 Å². The van der Waals surface area contributed by atoms with Gasteiger partial charge in [0.15, 0.2) is 0 Å². The van der Waals surface area contributed by atoms with Crippen LogP contribution in [-0.4, -0.2) is 33.9 Å². The first-order valence-corrected chi connectivity index (χ1v) is 9.55. The highest BCUT2D eigenvalue weighted by atomic mass is 16.2. The molecule has 1 fully saturated rings. The Bertz CT molecular complexity index is 960. The summed E-state index contributed by atoms with van der Waals surface area (Å²) < 4.78 is 0. The number of aryl methyl sites for hydroxylation is 1. The number of aromatic nitrogens is 3. The molecule has 1 aromatic carbocycles. The number of hydrogen-bond donors (Lipinski definition) is 1. The molecule has 142 valence electrons. The predicted octanol–water partition coefficient (Wildman–Crippen LogP) is 3.70. The number of pyridine rings is 1. The molecule has 0 radical (unpaired) electrons. The maximum Gasteiger partial charge on any atom is 0.230 e. The van der Waals surface area contributed by atoms with Crippen molar-refractivity contribution < 1.29 is 4.79 Å². The van der Waals surface area contributed by atoms with Crippen LogP contribution in [0.3, 0.4) is 0 Å². The third-order valence-corrected chi connectivity index (χ3v) is 5.01. The number of piperidine rings is 1. The summed E-state index contributed by atoms with van der Waals surface area (Å²) in [5, 5.41) is 2.95. The van der Waals surface area contributed by atoms with Crippen LogP contribution in [-0.2, 0) is 4.79 Å². The summed E-state index contributed by atoms with van der Waals surface area (Å²) in [6.45, 7) is 3.51. The Morgan fingerprint density at radius 2 is 1.96 bits per heavy atom. The van der Waals surface area contributed by atoms with Crippen molar-refractivity contribution in [1.82, 2.24) is 15.0 Å². The van der Waals surface area contributed by atoms with Crippen molar-refractivity contribution in [2.75, 3.05) is 23.3 Å². The van der Waals surface area contributed by atoms with E-state index in [1.807, 2.05) is 55.5 Å². The highest BCUT2D eigenvalue weighted by molar-refractivity contribution is 5.92. The molecular weight excluding hydrogens is 350 g/mol. The SMILES string of the molecule is Cc1ccnc(NC(=O)C2CCCN(c3cc(-c4ccccc4)ncn3)C2)c1. The average molecular weight is 373 g/mol. The van der Waals surface area contributed by atoms with Crippen LogP contribution in [0.25, 0.3) is 11.3 Å². The Kier molecular flexibility index (Phi) is 5.28. The molecule has 0 bridgehead atoms. The molecule has 0 spiro atoms. The van der Waals surface area contributed by atoms with E-state index in [0.717, 1.165) is 42.0 Å². The number of carbonyl (C=O) groups is 1. The molecule has 0 saturated carbocycles. The molecule has 1 aliphatic rings. The van der Waals surface area contributed by atoms with Crippen molar-refractivity contribution in [3.8, 4) is 11.3 Å². The molecular formula is C22H23N5O. The molecule has 28 heavy (non-hydrogen) atoms. The molecule has 3 aromatic rings. The second-order valence-electron chi connectivity index (χ2n) is 7.12. The van der Waals surface area contributed by atoms with Crippen LogP contribution in [0.15, 0.2) is 61.1 Å². The minimum absolute atomic E-state index is 0.0140. The number of rotatable bonds is 4. The van der Waals surface area contributed by atoms with Gasteiger partial charge in [-0.1, -0.05) is 30.3 Å². The summed E-state index contributed by atoms with van der Waals surface area (Å²) in [7, 11) is 0. The summed E-state index contributed by atoms with van der Waals surface area (Å²) in [6.07, 6.45) is 5.12. The zero-order valence-electron chi connectivity index (χ0n) is 15.9. The minimum Gasteiger partial charge on any atom is -0.356 e. The van der Waals surface area contributed by atoms with E-state index in [1.165, 1.54) is 0 Å². The van der Waals surface area contributed by atoms with E-state index in [4.69, 9.17) is 0 Å². The van der Waals surface area contributed by atoms with Gasteiger partial charge in [-0.3, -0.25) is 4.79 Å². The Hall–Kier alpha value is -3.28. The summed E-state index contributed by atoms with van der Waals surface area (Å²) in [5.41, 5.74) is 3.02. The smallest absolute Gasteiger partial charge is 0.230 e. The Morgan fingerprint density at radius 3 is 2.79 bits per heavy atom. The number of hydrogen-bond acceptors (Lipinski definition) is 5. The van der Waals surface area contributed by atoms with Gasteiger partial charge in [0.25, 0.3) is 0 Å². The molecule has 1 unspecified atom stereocenters. The van der Waals surface area contributed by atoms with Crippen molar-refractivity contribution >= 4 is 17.5 Å². The fourth-order valence-corrected chi connectivity index (χ4v) is 3.52.